The Labute approximate surface area is 239 Å². The van der Waals surface area contributed by atoms with E-state index in [1.807, 2.05) is 37.3 Å². The van der Waals surface area contributed by atoms with Gasteiger partial charge in [-0.2, -0.15) is 0 Å². The van der Waals surface area contributed by atoms with Crippen LogP contribution in [0.15, 0.2) is 88.8 Å². The number of benzene rings is 3. The van der Waals surface area contributed by atoms with Crippen LogP contribution in [0.5, 0.6) is 0 Å². The van der Waals surface area contributed by atoms with E-state index < -0.39 is 0 Å². The molecule has 0 saturated heterocycles. The number of thioether (sulfide) groups is 1. The Hall–Kier alpha value is -3.79. The van der Waals surface area contributed by atoms with E-state index in [0.29, 0.717) is 26.7 Å². The minimum absolute atomic E-state index is 0.0527. The molecule has 0 saturated carbocycles. The lowest BCUT2D eigenvalue weighted by Gasteiger charge is -2.26. The Kier molecular flexibility index (Phi) is 7.51. The minimum atomic E-state index is -0.367. The van der Waals surface area contributed by atoms with Crippen LogP contribution in [0, 0.1) is 12.7 Å². The fraction of sp³-hybridized carbons (Fsp3) is 0.194. The molecular weight excluding hydrogens is 543 g/mol. The van der Waals surface area contributed by atoms with E-state index in [0.717, 1.165) is 37.2 Å². The number of hydrogen-bond acceptors (Lipinski definition) is 6. The van der Waals surface area contributed by atoms with Gasteiger partial charge >= 0.3 is 0 Å². The van der Waals surface area contributed by atoms with Crippen molar-refractivity contribution in [3.05, 3.63) is 117 Å². The van der Waals surface area contributed by atoms with Gasteiger partial charge in [0.1, 0.15) is 10.6 Å². The molecule has 0 unspecified atom stereocenters. The summed E-state index contributed by atoms with van der Waals surface area (Å²) in [4.78, 5) is 36.0. The summed E-state index contributed by atoms with van der Waals surface area (Å²) in [7, 11) is 0. The molecule has 0 aliphatic carbocycles. The number of anilines is 1. The average molecular weight is 571 g/mol. The number of rotatable bonds is 7. The lowest BCUT2D eigenvalue weighted by molar-refractivity contribution is -0.113. The number of aryl methyl sites for hydroxylation is 1. The smallest absolute Gasteiger partial charge is 0.267 e. The average Bonchev–Trinajstić information content (AvgIpc) is 3.32. The summed E-state index contributed by atoms with van der Waals surface area (Å²) in [6.07, 6.45) is 0.791. The first-order chi connectivity index (χ1) is 19.4. The molecule has 1 aliphatic heterocycles. The number of carbonyl (C=O) groups excluding carboxylic acids is 1. The summed E-state index contributed by atoms with van der Waals surface area (Å²) >= 11 is 2.79. The number of hydrogen-bond donors (Lipinski definition) is 1. The third kappa shape index (κ3) is 5.58. The summed E-state index contributed by atoms with van der Waals surface area (Å²) < 4.78 is 14.9. The lowest BCUT2D eigenvalue weighted by atomic mass is 10.0. The van der Waals surface area contributed by atoms with Crippen LogP contribution >= 0.6 is 23.1 Å². The summed E-state index contributed by atoms with van der Waals surface area (Å²) in [5.41, 5.74) is 4.57. The number of amides is 1. The van der Waals surface area contributed by atoms with Crippen molar-refractivity contribution in [2.45, 2.75) is 31.6 Å². The van der Waals surface area contributed by atoms with Gasteiger partial charge in [0.05, 0.1) is 16.8 Å². The van der Waals surface area contributed by atoms with E-state index in [2.05, 4.69) is 34.5 Å². The molecule has 0 fully saturated rings. The second-order valence-electron chi connectivity index (χ2n) is 9.84. The van der Waals surface area contributed by atoms with Crippen LogP contribution in [0.25, 0.3) is 15.9 Å². The number of halogens is 1. The van der Waals surface area contributed by atoms with Crippen molar-refractivity contribution in [1.82, 2.24) is 14.5 Å². The maximum absolute atomic E-state index is 14.1. The molecule has 6 rings (SSSR count). The van der Waals surface area contributed by atoms with Crippen molar-refractivity contribution >= 4 is 44.9 Å². The number of aromatic nitrogens is 2. The van der Waals surface area contributed by atoms with Gasteiger partial charge in [0.15, 0.2) is 5.16 Å². The molecule has 0 radical (unpaired) electrons. The van der Waals surface area contributed by atoms with Gasteiger partial charge in [-0.05, 0) is 60.9 Å². The summed E-state index contributed by atoms with van der Waals surface area (Å²) in [5, 5.41) is 3.93. The third-order valence-electron chi connectivity index (χ3n) is 6.92. The molecule has 6 nitrogen and oxygen atoms in total. The molecule has 5 aromatic rings. The second kappa shape index (κ2) is 11.4. The molecule has 3 heterocycles. The summed E-state index contributed by atoms with van der Waals surface area (Å²) in [6, 6.07) is 23.8. The minimum Gasteiger partial charge on any atom is -0.325 e. The van der Waals surface area contributed by atoms with Crippen molar-refractivity contribution in [3.8, 4) is 5.69 Å². The highest BCUT2D eigenvalue weighted by molar-refractivity contribution is 7.99. The Morgan fingerprint density at radius 1 is 1.05 bits per heavy atom. The van der Waals surface area contributed by atoms with Gasteiger partial charge in [-0.3, -0.25) is 19.1 Å². The van der Waals surface area contributed by atoms with Crippen LogP contribution in [-0.4, -0.2) is 32.7 Å². The lowest BCUT2D eigenvalue weighted by Crippen LogP contribution is -2.30. The van der Waals surface area contributed by atoms with Crippen molar-refractivity contribution < 1.29 is 9.18 Å². The van der Waals surface area contributed by atoms with Crippen molar-refractivity contribution in [2.24, 2.45) is 0 Å². The molecule has 1 amide bonds. The van der Waals surface area contributed by atoms with Crippen LogP contribution in [0.3, 0.4) is 0 Å². The van der Waals surface area contributed by atoms with Crippen LogP contribution < -0.4 is 10.9 Å². The molecule has 1 N–H and O–H groups in total. The first-order valence-corrected chi connectivity index (χ1v) is 14.8. The predicted octanol–water partition coefficient (Wildman–Crippen LogP) is 6.18. The maximum Gasteiger partial charge on any atom is 0.267 e. The van der Waals surface area contributed by atoms with Crippen molar-refractivity contribution in [1.29, 1.82) is 0 Å². The number of thiophene rings is 1. The molecule has 0 atom stereocenters. The molecule has 40 heavy (non-hydrogen) atoms. The first kappa shape index (κ1) is 26.4. The zero-order valence-electron chi connectivity index (χ0n) is 21.9. The topological polar surface area (TPSA) is 67.2 Å². The number of nitrogens with zero attached hydrogens (tertiary/aromatic N) is 3. The molecular formula is C31H27FN4O2S2. The van der Waals surface area contributed by atoms with Gasteiger partial charge in [-0.15, -0.1) is 11.3 Å². The molecule has 0 bridgehead atoms. The molecule has 1 aliphatic rings. The largest absolute Gasteiger partial charge is 0.325 e. The molecule has 9 heteroatoms. The monoisotopic (exact) mass is 570 g/mol. The predicted molar refractivity (Wildman–Crippen MR) is 160 cm³/mol. The van der Waals surface area contributed by atoms with Gasteiger partial charge in [0, 0.05) is 30.2 Å². The van der Waals surface area contributed by atoms with Gasteiger partial charge in [-0.1, -0.05) is 59.8 Å². The number of fused-ring (bicyclic) bond motifs is 3. The van der Waals surface area contributed by atoms with Gasteiger partial charge in [0.2, 0.25) is 5.91 Å². The first-order valence-electron chi connectivity index (χ1n) is 13.0. The Morgan fingerprint density at radius 2 is 1.80 bits per heavy atom. The van der Waals surface area contributed by atoms with Gasteiger partial charge in [0.25, 0.3) is 5.56 Å². The highest BCUT2D eigenvalue weighted by Crippen LogP contribution is 2.35. The summed E-state index contributed by atoms with van der Waals surface area (Å²) in [5.74, 6) is -0.575. The normalized spacial score (nSPS) is 13.3. The fourth-order valence-electron chi connectivity index (χ4n) is 4.93. The molecule has 202 valence electrons. The SMILES string of the molecule is Cc1ccc(-n2c(SCC(=O)Nc3ccc(F)cc3)nc3sc4c(c3c2=O)CCN(Cc2ccccc2)C4)cc1. The van der Waals surface area contributed by atoms with Crippen LogP contribution in [-0.2, 0) is 24.3 Å². The van der Waals surface area contributed by atoms with E-state index >= 15 is 0 Å². The highest BCUT2D eigenvalue weighted by atomic mass is 32.2. The number of nitrogens with one attached hydrogen (secondary N) is 1. The molecule has 3 aromatic carbocycles. The van der Waals surface area contributed by atoms with Crippen molar-refractivity contribution in [3.63, 3.8) is 0 Å². The Bertz CT molecular complexity index is 1730. The Balaban J connectivity index is 1.32. The van der Waals surface area contributed by atoms with Gasteiger partial charge in [-0.25, -0.2) is 9.37 Å². The van der Waals surface area contributed by atoms with Gasteiger partial charge < -0.3 is 5.32 Å². The van der Waals surface area contributed by atoms with Crippen LogP contribution in [0.1, 0.15) is 21.6 Å². The van der Waals surface area contributed by atoms with E-state index in [9.17, 15) is 14.0 Å². The number of carbonyl (C=O) groups is 1. The third-order valence-corrected chi connectivity index (χ3v) is 8.97. The van der Waals surface area contributed by atoms with Crippen LogP contribution in [0.4, 0.5) is 10.1 Å². The van der Waals surface area contributed by atoms with E-state index in [1.54, 1.807) is 15.9 Å². The van der Waals surface area contributed by atoms with E-state index in [1.165, 1.54) is 46.5 Å². The zero-order chi connectivity index (χ0) is 27.6. The quantitative estimate of drug-likeness (QED) is 0.187. The second-order valence-corrected chi connectivity index (χ2v) is 11.9. The molecule has 2 aromatic heterocycles. The molecule has 0 spiro atoms. The zero-order valence-corrected chi connectivity index (χ0v) is 23.5. The maximum atomic E-state index is 14.1. The Morgan fingerprint density at radius 3 is 2.55 bits per heavy atom. The van der Waals surface area contributed by atoms with E-state index in [-0.39, 0.29) is 23.0 Å². The summed E-state index contributed by atoms with van der Waals surface area (Å²) in [6.45, 7) is 4.51. The van der Waals surface area contributed by atoms with E-state index in [4.69, 9.17) is 4.98 Å². The standard InChI is InChI=1S/C31H27FN4O2S2/c1-20-7-13-24(14-8-20)36-30(38)28-25-15-16-35(17-21-5-3-2-4-6-21)18-26(25)40-29(28)34-31(36)39-19-27(37)33-23-11-9-22(32)10-12-23/h2-14H,15-19H2,1H3,(H,33,37). The van der Waals surface area contributed by atoms with Crippen molar-refractivity contribution in [2.75, 3.05) is 17.6 Å². The fourth-order valence-corrected chi connectivity index (χ4v) is 7.05. The highest BCUT2D eigenvalue weighted by Gasteiger charge is 2.26. The van der Waals surface area contributed by atoms with Crippen LogP contribution in [0.2, 0.25) is 0 Å².